The van der Waals surface area contributed by atoms with E-state index in [0.717, 1.165) is 24.5 Å². The van der Waals surface area contributed by atoms with Gasteiger partial charge in [0, 0.05) is 6.54 Å². The molecule has 0 bridgehead atoms. The fraction of sp³-hybridized carbons (Fsp3) is 0.778. The van der Waals surface area contributed by atoms with Gasteiger partial charge in [0.2, 0.25) is 0 Å². The molecule has 0 aromatic rings. The van der Waals surface area contributed by atoms with E-state index in [1.165, 1.54) is 0 Å². The molecule has 0 aromatic carbocycles. The second-order valence-corrected chi connectivity index (χ2v) is 4.45. The molecule has 88 valence electrons. The van der Waals surface area contributed by atoms with Gasteiger partial charge in [-0.05, 0) is 31.3 Å². The quantitative estimate of drug-likeness (QED) is 0.318. The molecule has 0 aliphatic carbocycles. The van der Waals surface area contributed by atoms with Crippen LogP contribution in [0.3, 0.4) is 0 Å². The summed E-state index contributed by atoms with van der Waals surface area (Å²) in [5.41, 5.74) is 10.7. The molecule has 0 aromatic heterocycles. The number of thioether (sulfide) groups is 1. The second-order valence-electron chi connectivity index (χ2n) is 3.22. The lowest BCUT2D eigenvalue weighted by Gasteiger charge is -2.05. The molecule has 0 heterocycles. The van der Waals surface area contributed by atoms with Gasteiger partial charge in [-0.1, -0.05) is 0 Å². The van der Waals surface area contributed by atoms with Gasteiger partial charge in [0.15, 0.2) is 0 Å². The Balaban J connectivity index is 3.25. The first kappa shape index (κ1) is 14.2. The third kappa shape index (κ3) is 9.55. The van der Waals surface area contributed by atoms with Crippen molar-refractivity contribution in [1.29, 1.82) is 0 Å². The van der Waals surface area contributed by atoms with Crippen molar-refractivity contribution in [3.05, 3.63) is 0 Å². The van der Waals surface area contributed by atoms with E-state index >= 15 is 0 Å². The highest BCUT2D eigenvalue weighted by atomic mass is 32.2. The van der Waals surface area contributed by atoms with Crippen LogP contribution in [-0.4, -0.2) is 41.0 Å². The maximum Gasteiger partial charge on any atom is 0.320 e. The van der Waals surface area contributed by atoms with Crippen LogP contribution in [0.1, 0.15) is 19.8 Å². The van der Waals surface area contributed by atoms with Crippen LogP contribution in [0.2, 0.25) is 0 Å². The van der Waals surface area contributed by atoms with Crippen LogP contribution in [0.15, 0.2) is 4.99 Å². The van der Waals surface area contributed by atoms with Crippen molar-refractivity contribution in [2.75, 3.05) is 18.1 Å². The van der Waals surface area contributed by atoms with E-state index in [2.05, 4.69) is 4.99 Å². The summed E-state index contributed by atoms with van der Waals surface area (Å²) in [6.07, 6.45) is 1.47. The number of amidine groups is 1. The molecule has 0 aliphatic rings. The average molecular weight is 233 g/mol. The smallest absolute Gasteiger partial charge is 0.320 e. The molecule has 0 radical (unpaired) electrons. The van der Waals surface area contributed by atoms with E-state index in [4.69, 9.17) is 16.6 Å². The second kappa shape index (κ2) is 8.55. The number of carboxylic acid groups (broad SMARTS) is 1. The van der Waals surface area contributed by atoms with Crippen molar-refractivity contribution < 1.29 is 9.90 Å². The van der Waals surface area contributed by atoms with Crippen LogP contribution in [-0.2, 0) is 4.79 Å². The van der Waals surface area contributed by atoms with Crippen LogP contribution in [0.4, 0.5) is 0 Å². The molecule has 0 amide bonds. The van der Waals surface area contributed by atoms with Gasteiger partial charge in [0.25, 0.3) is 0 Å². The van der Waals surface area contributed by atoms with Crippen LogP contribution in [0, 0.1) is 0 Å². The number of nitrogens with zero attached hydrogens (tertiary/aromatic N) is 1. The molecule has 15 heavy (non-hydrogen) atoms. The lowest BCUT2D eigenvalue weighted by molar-refractivity contribution is -0.138. The van der Waals surface area contributed by atoms with Gasteiger partial charge in [0.05, 0.1) is 5.84 Å². The standard InChI is InChI=1S/C9H19N3O2S/c1-7(10)12-4-2-5-15-6-3-8(11)9(13)14/h8H,2-6,11H2,1H3,(H2,10,12)(H,13,14). The van der Waals surface area contributed by atoms with Gasteiger partial charge in [-0.15, -0.1) is 0 Å². The van der Waals surface area contributed by atoms with E-state index in [9.17, 15) is 4.79 Å². The van der Waals surface area contributed by atoms with Crippen molar-refractivity contribution in [2.24, 2.45) is 16.5 Å². The molecule has 0 saturated carbocycles. The number of carbonyl (C=O) groups is 1. The van der Waals surface area contributed by atoms with Gasteiger partial charge >= 0.3 is 5.97 Å². The molecule has 0 rings (SSSR count). The van der Waals surface area contributed by atoms with Crippen molar-refractivity contribution >= 4 is 23.6 Å². The summed E-state index contributed by atoms with van der Waals surface area (Å²) in [5.74, 6) is 1.41. The van der Waals surface area contributed by atoms with E-state index in [-0.39, 0.29) is 0 Å². The zero-order valence-corrected chi connectivity index (χ0v) is 9.80. The Bertz CT molecular complexity index is 217. The molecule has 1 atom stereocenters. The lowest BCUT2D eigenvalue weighted by Crippen LogP contribution is -2.30. The molecule has 0 spiro atoms. The fourth-order valence-electron chi connectivity index (χ4n) is 0.858. The zero-order valence-electron chi connectivity index (χ0n) is 8.98. The van der Waals surface area contributed by atoms with Crippen LogP contribution in [0.25, 0.3) is 0 Å². The first-order chi connectivity index (χ1) is 7.04. The van der Waals surface area contributed by atoms with Crippen LogP contribution in [0.5, 0.6) is 0 Å². The number of aliphatic imine (C=N–C) groups is 1. The average Bonchev–Trinajstić information content (AvgIpc) is 2.15. The Kier molecular flexibility index (Phi) is 8.12. The summed E-state index contributed by atoms with van der Waals surface area (Å²) in [4.78, 5) is 14.4. The number of rotatable bonds is 8. The Morgan fingerprint density at radius 1 is 1.53 bits per heavy atom. The molecule has 6 heteroatoms. The van der Waals surface area contributed by atoms with E-state index in [1.54, 1.807) is 18.7 Å². The maximum absolute atomic E-state index is 10.4. The van der Waals surface area contributed by atoms with Gasteiger partial charge in [-0.25, -0.2) is 0 Å². The molecule has 1 unspecified atom stereocenters. The van der Waals surface area contributed by atoms with Gasteiger partial charge in [-0.3, -0.25) is 9.79 Å². The molecule has 5 nitrogen and oxygen atoms in total. The number of hydrogen-bond donors (Lipinski definition) is 3. The molecule has 0 aliphatic heterocycles. The highest BCUT2D eigenvalue weighted by molar-refractivity contribution is 7.99. The summed E-state index contributed by atoms with van der Waals surface area (Å²) in [7, 11) is 0. The topological polar surface area (TPSA) is 102 Å². The predicted octanol–water partition coefficient (Wildman–Crippen LogP) is 0.289. The predicted molar refractivity (Wildman–Crippen MR) is 64.3 cm³/mol. The molecule has 0 saturated heterocycles. The van der Waals surface area contributed by atoms with Gasteiger partial charge in [0.1, 0.15) is 6.04 Å². The highest BCUT2D eigenvalue weighted by Crippen LogP contribution is 2.06. The number of carboxylic acids is 1. The summed E-state index contributed by atoms with van der Waals surface area (Å²) in [6.45, 7) is 2.50. The Hall–Kier alpha value is -0.750. The normalized spacial score (nSPS) is 13.9. The Labute approximate surface area is 94.3 Å². The molecular formula is C9H19N3O2S. The van der Waals surface area contributed by atoms with Crippen LogP contribution >= 0.6 is 11.8 Å². The zero-order chi connectivity index (χ0) is 11.7. The highest BCUT2D eigenvalue weighted by Gasteiger charge is 2.09. The van der Waals surface area contributed by atoms with E-state index in [1.807, 2.05) is 0 Å². The van der Waals surface area contributed by atoms with Crippen LogP contribution < -0.4 is 11.5 Å². The van der Waals surface area contributed by atoms with Crippen molar-refractivity contribution in [3.63, 3.8) is 0 Å². The summed E-state index contributed by atoms with van der Waals surface area (Å²) >= 11 is 1.70. The Morgan fingerprint density at radius 3 is 2.73 bits per heavy atom. The van der Waals surface area contributed by atoms with Gasteiger partial charge < -0.3 is 16.6 Å². The third-order valence-corrected chi connectivity index (χ3v) is 2.80. The lowest BCUT2D eigenvalue weighted by atomic mass is 10.2. The summed E-state index contributed by atoms with van der Waals surface area (Å²) < 4.78 is 0. The third-order valence-electron chi connectivity index (χ3n) is 1.70. The minimum absolute atomic E-state index is 0.513. The fourth-order valence-corrected chi connectivity index (χ4v) is 1.82. The molecule has 5 N–H and O–H groups in total. The summed E-state index contributed by atoms with van der Waals surface area (Å²) in [6, 6.07) is -0.734. The monoisotopic (exact) mass is 233 g/mol. The SMILES string of the molecule is CC(N)=NCCCSCCC(N)C(=O)O. The first-order valence-corrected chi connectivity index (χ1v) is 6.02. The molecule has 0 fully saturated rings. The van der Waals surface area contributed by atoms with Crippen molar-refractivity contribution in [3.8, 4) is 0 Å². The minimum atomic E-state index is -0.932. The van der Waals surface area contributed by atoms with E-state index in [0.29, 0.717) is 12.3 Å². The molecular weight excluding hydrogens is 214 g/mol. The van der Waals surface area contributed by atoms with Crippen molar-refractivity contribution in [2.45, 2.75) is 25.8 Å². The number of hydrogen-bond acceptors (Lipinski definition) is 4. The minimum Gasteiger partial charge on any atom is -0.480 e. The number of aliphatic carboxylic acids is 1. The van der Waals surface area contributed by atoms with E-state index < -0.39 is 12.0 Å². The van der Waals surface area contributed by atoms with Crippen molar-refractivity contribution in [1.82, 2.24) is 0 Å². The van der Waals surface area contributed by atoms with Gasteiger partial charge in [-0.2, -0.15) is 11.8 Å². The Morgan fingerprint density at radius 2 is 2.20 bits per heavy atom. The largest absolute Gasteiger partial charge is 0.480 e. The maximum atomic E-state index is 10.4. The number of nitrogens with two attached hydrogens (primary N) is 2. The summed E-state index contributed by atoms with van der Waals surface area (Å²) in [5, 5.41) is 8.52. The first-order valence-electron chi connectivity index (χ1n) is 4.86.